The summed E-state index contributed by atoms with van der Waals surface area (Å²) < 4.78 is 38.4. The van der Waals surface area contributed by atoms with Gasteiger partial charge in [-0.05, 0) is 30.3 Å². The summed E-state index contributed by atoms with van der Waals surface area (Å²) in [5, 5.41) is 20.8. The van der Waals surface area contributed by atoms with Gasteiger partial charge in [-0.15, -0.1) is 0 Å². The van der Waals surface area contributed by atoms with Crippen molar-refractivity contribution in [1.29, 1.82) is 0 Å². The number of hydrogen-bond donors (Lipinski definition) is 3. The maximum absolute atomic E-state index is 11.4. The van der Waals surface area contributed by atoms with E-state index in [1.54, 1.807) is 25.4 Å². The van der Waals surface area contributed by atoms with Gasteiger partial charge in [-0.3, -0.25) is 9.67 Å². The van der Waals surface area contributed by atoms with Crippen molar-refractivity contribution in [1.82, 2.24) is 14.8 Å². The van der Waals surface area contributed by atoms with Gasteiger partial charge in [0.1, 0.15) is 11.4 Å². The Bertz CT molecular complexity index is 1100. The molecule has 0 fully saturated rings. The number of aromatic nitrogens is 3. The lowest BCUT2D eigenvalue weighted by atomic mass is 10.1. The standard InChI is InChI=1S/C18H18N4O3.C2HF3O2/c1-25-14-4-2-3-12(9-14)15-10-13(5-7-20-15)16-11-17(18(23)24)22(21-16)8-6-19;3-2(4,5)1(6)7/h2-5,7,9-11H,6,8,19H2,1H3,(H,23,24);(H,6,7). The number of carbonyl (C=O) groups is 2. The number of nitrogens with two attached hydrogens (primary N) is 1. The molecule has 9 nitrogen and oxygen atoms in total. The molecule has 0 radical (unpaired) electrons. The van der Waals surface area contributed by atoms with Crippen LogP contribution in [-0.2, 0) is 11.3 Å². The zero-order valence-electron chi connectivity index (χ0n) is 16.7. The number of rotatable bonds is 6. The van der Waals surface area contributed by atoms with E-state index in [9.17, 15) is 23.1 Å². The molecule has 0 unspecified atom stereocenters. The molecule has 0 bridgehead atoms. The molecule has 0 atom stereocenters. The van der Waals surface area contributed by atoms with Crippen LogP contribution in [0.15, 0.2) is 48.7 Å². The van der Waals surface area contributed by atoms with Gasteiger partial charge >= 0.3 is 18.1 Å². The second kappa shape index (κ2) is 10.4. The van der Waals surface area contributed by atoms with E-state index in [1.165, 1.54) is 4.68 Å². The Hall–Kier alpha value is -3.93. The fourth-order valence-electron chi connectivity index (χ4n) is 2.55. The van der Waals surface area contributed by atoms with Crippen molar-refractivity contribution >= 4 is 11.9 Å². The molecule has 3 aromatic rings. The van der Waals surface area contributed by atoms with Gasteiger partial charge in [-0.25, -0.2) is 9.59 Å². The average Bonchev–Trinajstić information content (AvgIpc) is 3.18. The van der Waals surface area contributed by atoms with Gasteiger partial charge in [0.05, 0.1) is 25.0 Å². The van der Waals surface area contributed by atoms with Crippen LogP contribution in [0, 0.1) is 0 Å². The molecule has 2 aromatic heterocycles. The minimum atomic E-state index is -5.08. The summed E-state index contributed by atoms with van der Waals surface area (Å²) >= 11 is 0. The minimum Gasteiger partial charge on any atom is -0.497 e. The SMILES string of the molecule is COc1cccc(-c2cc(-c3cc(C(=O)O)n(CCN)n3)ccn2)c1.O=C(O)C(F)(F)F. The normalized spacial score (nSPS) is 10.8. The molecule has 0 saturated carbocycles. The summed E-state index contributed by atoms with van der Waals surface area (Å²) in [7, 11) is 1.61. The first-order chi connectivity index (χ1) is 15.1. The fraction of sp³-hybridized carbons (Fsp3) is 0.200. The van der Waals surface area contributed by atoms with Gasteiger partial charge in [0.15, 0.2) is 0 Å². The number of halogens is 3. The van der Waals surface area contributed by atoms with Gasteiger partial charge in [0, 0.05) is 23.9 Å². The average molecular weight is 452 g/mol. The first-order valence-electron chi connectivity index (χ1n) is 8.99. The molecular formula is C20H19F3N4O5. The van der Waals surface area contributed by atoms with Crippen LogP contribution in [-0.4, -0.2) is 56.7 Å². The second-order valence-electron chi connectivity index (χ2n) is 6.20. The Labute approximate surface area is 179 Å². The molecule has 3 rings (SSSR count). The van der Waals surface area contributed by atoms with Crippen LogP contribution in [0.1, 0.15) is 10.5 Å². The van der Waals surface area contributed by atoms with Crippen LogP contribution in [0.25, 0.3) is 22.5 Å². The molecule has 0 saturated heterocycles. The Morgan fingerprint density at radius 3 is 2.31 bits per heavy atom. The van der Waals surface area contributed by atoms with Gasteiger partial charge in [0.2, 0.25) is 0 Å². The van der Waals surface area contributed by atoms with Crippen LogP contribution < -0.4 is 10.5 Å². The number of ether oxygens (including phenoxy) is 1. The highest BCUT2D eigenvalue weighted by molar-refractivity contribution is 5.87. The summed E-state index contributed by atoms with van der Waals surface area (Å²) in [6, 6.07) is 12.8. The monoisotopic (exact) mass is 452 g/mol. The topological polar surface area (TPSA) is 141 Å². The lowest BCUT2D eigenvalue weighted by Crippen LogP contribution is -2.21. The number of aliphatic carboxylic acids is 1. The number of alkyl halides is 3. The summed E-state index contributed by atoms with van der Waals surface area (Å²) in [5.41, 5.74) is 8.65. The second-order valence-corrected chi connectivity index (χ2v) is 6.20. The molecule has 0 aliphatic carbocycles. The maximum atomic E-state index is 11.4. The van der Waals surface area contributed by atoms with Crippen molar-refractivity contribution in [2.24, 2.45) is 5.73 Å². The number of hydrogen-bond acceptors (Lipinski definition) is 6. The highest BCUT2D eigenvalue weighted by Crippen LogP contribution is 2.26. The number of nitrogens with zero attached hydrogens (tertiary/aromatic N) is 3. The molecule has 4 N–H and O–H groups in total. The number of methoxy groups -OCH3 is 1. The Balaban J connectivity index is 0.000000451. The van der Waals surface area contributed by atoms with E-state index in [1.807, 2.05) is 30.3 Å². The van der Waals surface area contributed by atoms with Crippen molar-refractivity contribution in [3.63, 3.8) is 0 Å². The van der Waals surface area contributed by atoms with E-state index in [0.717, 1.165) is 22.6 Å². The molecule has 0 aliphatic rings. The molecular weight excluding hydrogens is 433 g/mol. The Morgan fingerprint density at radius 2 is 1.75 bits per heavy atom. The predicted molar refractivity (Wildman–Crippen MR) is 107 cm³/mol. The highest BCUT2D eigenvalue weighted by Gasteiger charge is 2.38. The summed E-state index contributed by atoms with van der Waals surface area (Å²) in [6.07, 6.45) is -3.41. The zero-order chi connectivity index (χ0) is 23.9. The number of benzene rings is 1. The summed E-state index contributed by atoms with van der Waals surface area (Å²) in [4.78, 5) is 24.7. The van der Waals surface area contributed by atoms with E-state index in [2.05, 4.69) is 10.1 Å². The fourth-order valence-corrected chi connectivity index (χ4v) is 2.55. The van der Waals surface area contributed by atoms with Crippen LogP contribution in [0.4, 0.5) is 13.2 Å². The minimum absolute atomic E-state index is 0.111. The van der Waals surface area contributed by atoms with Gasteiger partial charge in [0.25, 0.3) is 0 Å². The van der Waals surface area contributed by atoms with Crippen LogP contribution >= 0.6 is 0 Å². The van der Waals surface area contributed by atoms with E-state index in [-0.39, 0.29) is 5.69 Å². The van der Waals surface area contributed by atoms with Crippen molar-refractivity contribution in [3.8, 4) is 28.3 Å². The lowest BCUT2D eigenvalue weighted by Gasteiger charge is -2.05. The first-order valence-corrected chi connectivity index (χ1v) is 8.99. The van der Waals surface area contributed by atoms with Crippen molar-refractivity contribution in [3.05, 3.63) is 54.4 Å². The largest absolute Gasteiger partial charge is 0.497 e. The third-order valence-corrected chi connectivity index (χ3v) is 4.00. The highest BCUT2D eigenvalue weighted by atomic mass is 19.4. The molecule has 0 spiro atoms. The van der Waals surface area contributed by atoms with E-state index in [4.69, 9.17) is 20.4 Å². The van der Waals surface area contributed by atoms with Crippen molar-refractivity contribution in [2.75, 3.05) is 13.7 Å². The van der Waals surface area contributed by atoms with E-state index in [0.29, 0.717) is 18.8 Å². The Kier molecular flexibility index (Phi) is 7.91. The number of carboxylic acid groups (broad SMARTS) is 2. The molecule has 170 valence electrons. The number of aromatic carboxylic acids is 1. The van der Waals surface area contributed by atoms with E-state index < -0.39 is 18.1 Å². The van der Waals surface area contributed by atoms with Crippen LogP contribution in [0.3, 0.4) is 0 Å². The first kappa shape index (κ1) is 24.3. The molecule has 0 amide bonds. The molecule has 0 aliphatic heterocycles. The lowest BCUT2D eigenvalue weighted by molar-refractivity contribution is -0.192. The summed E-state index contributed by atoms with van der Waals surface area (Å²) in [5.74, 6) is -3.05. The molecule has 12 heteroatoms. The van der Waals surface area contributed by atoms with Gasteiger partial charge < -0.3 is 20.7 Å². The smallest absolute Gasteiger partial charge is 0.490 e. The van der Waals surface area contributed by atoms with E-state index >= 15 is 0 Å². The van der Waals surface area contributed by atoms with Crippen molar-refractivity contribution in [2.45, 2.75) is 12.7 Å². The molecule has 32 heavy (non-hydrogen) atoms. The molecule has 2 heterocycles. The number of carboxylic acids is 2. The Morgan fingerprint density at radius 1 is 1.09 bits per heavy atom. The van der Waals surface area contributed by atoms with Gasteiger partial charge in [-0.2, -0.15) is 18.3 Å². The third-order valence-electron chi connectivity index (χ3n) is 4.00. The van der Waals surface area contributed by atoms with Crippen molar-refractivity contribution < 1.29 is 37.7 Å². The van der Waals surface area contributed by atoms with Crippen LogP contribution in [0.2, 0.25) is 0 Å². The summed E-state index contributed by atoms with van der Waals surface area (Å²) in [6.45, 7) is 0.655. The van der Waals surface area contributed by atoms with Crippen LogP contribution in [0.5, 0.6) is 5.75 Å². The third kappa shape index (κ3) is 6.28. The molecule has 1 aromatic carbocycles. The quantitative estimate of drug-likeness (QED) is 0.519. The number of pyridine rings is 1. The predicted octanol–water partition coefficient (Wildman–Crippen LogP) is 2.91. The zero-order valence-corrected chi connectivity index (χ0v) is 16.7. The van der Waals surface area contributed by atoms with Gasteiger partial charge in [-0.1, -0.05) is 12.1 Å². The maximum Gasteiger partial charge on any atom is 0.490 e.